The van der Waals surface area contributed by atoms with Crippen molar-refractivity contribution in [1.82, 2.24) is 0 Å². The van der Waals surface area contributed by atoms with E-state index < -0.39 is 0 Å². The highest BCUT2D eigenvalue weighted by Crippen LogP contribution is 2.24. The maximum absolute atomic E-state index is 5.40. The second kappa shape index (κ2) is 2.31. The maximum Gasteiger partial charge on any atom is 0.135 e. The Morgan fingerprint density at radius 2 is 2.18 bits per heavy atom. The summed E-state index contributed by atoms with van der Waals surface area (Å²) in [6, 6.07) is 7.84. The smallest absolute Gasteiger partial charge is 0.135 e. The second-order valence-electron chi connectivity index (χ2n) is 2.55. The van der Waals surface area contributed by atoms with E-state index in [-0.39, 0.29) is 0 Å². The highest BCUT2D eigenvalue weighted by Gasteiger charge is 2.00. The molecule has 1 aromatic carbocycles. The summed E-state index contributed by atoms with van der Waals surface area (Å²) in [5.74, 6) is 0.932. The lowest BCUT2D eigenvalue weighted by Crippen LogP contribution is -1.64. The molecule has 0 radical (unpaired) electrons. The van der Waals surface area contributed by atoms with Crippen LogP contribution < -0.4 is 0 Å². The average Bonchev–Trinajstić information content (AvgIpc) is 2.31. The minimum Gasteiger partial charge on any atom is -0.461 e. The Labute approximate surface area is 70.4 Å². The van der Waals surface area contributed by atoms with E-state index in [4.69, 9.17) is 4.42 Å². The summed E-state index contributed by atoms with van der Waals surface area (Å²) < 4.78 is 5.40. The molecule has 0 aliphatic heterocycles. The molecule has 2 aromatic rings. The second-order valence-corrected chi connectivity index (χ2v) is 3.03. The number of hydrogen-bond acceptors (Lipinski definition) is 2. The Kier molecular flexibility index (Phi) is 1.43. The lowest BCUT2D eigenvalue weighted by atomic mass is 10.2. The van der Waals surface area contributed by atoms with Crippen LogP contribution in [0, 0.1) is 6.92 Å². The van der Waals surface area contributed by atoms with Gasteiger partial charge in [0.15, 0.2) is 0 Å². The third-order valence-electron chi connectivity index (χ3n) is 1.66. The van der Waals surface area contributed by atoms with Gasteiger partial charge in [0.05, 0.1) is 0 Å². The summed E-state index contributed by atoms with van der Waals surface area (Å²) in [6.45, 7) is 1.94. The molecular weight excluding hydrogens is 156 g/mol. The van der Waals surface area contributed by atoms with Gasteiger partial charge in [-0.3, -0.25) is 0 Å². The monoisotopic (exact) mass is 164 g/mol. The van der Waals surface area contributed by atoms with E-state index >= 15 is 0 Å². The van der Waals surface area contributed by atoms with E-state index in [0.717, 1.165) is 21.6 Å². The topological polar surface area (TPSA) is 13.1 Å². The van der Waals surface area contributed by atoms with E-state index in [2.05, 4.69) is 12.6 Å². The SMILES string of the molecule is Cc1cc2c(S)cccc2o1. The van der Waals surface area contributed by atoms with Crippen molar-refractivity contribution in [1.29, 1.82) is 0 Å². The van der Waals surface area contributed by atoms with Gasteiger partial charge in [-0.2, -0.15) is 0 Å². The summed E-state index contributed by atoms with van der Waals surface area (Å²) >= 11 is 4.30. The van der Waals surface area contributed by atoms with Crippen LogP contribution in [-0.2, 0) is 0 Å². The number of benzene rings is 1. The van der Waals surface area contributed by atoms with Crippen molar-refractivity contribution in [3.63, 3.8) is 0 Å². The predicted molar refractivity (Wildman–Crippen MR) is 48.2 cm³/mol. The van der Waals surface area contributed by atoms with Gasteiger partial charge in [0, 0.05) is 10.3 Å². The molecule has 56 valence electrons. The van der Waals surface area contributed by atoms with Crippen molar-refractivity contribution < 1.29 is 4.42 Å². The van der Waals surface area contributed by atoms with Crippen molar-refractivity contribution in [2.24, 2.45) is 0 Å². The first-order valence-corrected chi connectivity index (χ1v) is 3.90. The van der Waals surface area contributed by atoms with E-state index in [0.29, 0.717) is 0 Å². The summed E-state index contributed by atoms with van der Waals surface area (Å²) in [5, 5.41) is 1.09. The molecule has 0 fully saturated rings. The molecule has 11 heavy (non-hydrogen) atoms. The fraction of sp³-hybridized carbons (Fsp3) is 0.111. The van der Waals surface area contributed by atoms with Crippen molar-refractivity contribution in [3.8, 4) is 0 Å². The Hall–Kier alpha value is -0.890. The van der Waals surface area contributed by atoms with E-state index in [1.165, 1.54) is 0 Å². The van der Waals surface area contributed by atoms with Crippen LogP contribution in [0.2, 0.25) is 0 Å². The first-order chi connectivity index (χ1) is 5.27. The van der Waals surface area contributed by atoms with E-state index in [9.17, 15) is 0 Å². The fourth-order valence-electron chi connectivity index (χ4n) is 1.17. The van der Waals surface area contributed by atoms with Crippen LogP contribution in [0.25, 0.3) is 11.0 Å². The molecule has 0 atom stereocenters. The third-order valence-corrected chi connectivity index (χ3v) is 2.05. The molecular formula is C9H8OS. The Morgan fingerprint density at radius 1 is 1.36 bits per heavy atom. The summed E-state index contributed by atoms with van der Waals surface area (Å²) in [4.78, 5) is 0.972. The quantitative estimate of drug-likeness (QED) is 0.590. The molecule has 2 heteroatoms. The zero-order valence-corrected chi connectivity index (χ0v) is 7.06. The van der Waals surface area contributed by atoms with Crippen LogP contribution in [0.15, 0.2) is 33.6 Å². The number of thiol groups is 1. The van der Waals surface area contributed by atoms with Gasteiger partial charge in [-0.1, -0.05) is 6.07 Å². The fourth-order valence-corrected chi connectivity index (χ4v) is 1.43. The van der Waals surface area contributed by atoms with Gasteiger partial charge in [-0.15, -0.1) is 12.6 Å². The van der Waals surface area contributed by atoms with Crippen LogP contribution >= 0.6 is 12.6 Å². The van der Waals surface area contributed by atoms with Gasteiger partial charge in [0.1, 0.15) is 11.3 Å². The van der Waals surface area contributed by atoms with E-state index in [1.807, 2.05) is 31.2 Å². The Bertz CT molecular complexity index is 389. The zero-order chi connectivity index (χ0) is 7.84. The normalized spacial score (nSPS) is 10.7. The van der Waals surface area contributed by atoms with Gasteiger partial charge < -0.3 is 4.42 Å². The van der Waals surface area contributed by atoms with Crippen LogP contribution in [0.1, 0.15) is 5.76 Å². The van der Waals surface area contributed by atoms with Crippen LogP contribution in [0.4, 0.5) is 0 Å². The Morgan fingerprint density at radius 3 is 2.91 bits per heavy atom. The van der Waals surface area contributed by atoms with Crippen molar-refractivity contribution in [3.05, 3.63) is 30.0 Å². The molecule has 0 unspecified atom stereocenters. The molecule has 1 heterocycles. The highest BCUT2D eigenvalue weighted by atomic mass is 32.1. The molecule has 0 aliphatic rings. The number of hydrogen-bond donors (Lipinski definition) is 1. The molecule has 0 spiro atoms. The largest absolute Gasteiger partial charge is 0.461 e. The molecule has 0 saturated carbocycles. The first-order valence-electron chi connectivity index (χ1n) is 3.45. The molecule has 0 amide bonds. The maximum atomic E-state index is 5.40. The summed E-state index contributed by atoms with van der Waals surface area (Å²) in [7, 11) is 0. The molecule has 0 bridgehead atoms. The summed E-state index contributed by atoms with van der Waals surface area (Å²) in [6.07, 6.45) is 0. The number of furan rings is 1. The van der Waals surface area contributed by atoms with Crippen molar-refractivity contribution in [2.75, 3.05) is 0 Å². The van der Waals surface area contributed by atoms with E-state index in [1.54, 1.807) is 0 Å². The lowest BCUT2D eigenvalue weighted by molar-refractivity contribution is 0.578. The standard InChI is InChI=1S/C9H8OS/c1-6-5-7-8(10-6)3-2-4-9(7)11/h2-5,11H,1H3. The molecule has 0 N–H and O–H groups in total. The molecule has 2 rings (SSSR count). The van der Waals surface area contributed by atoms with Crippen LogP contribution in [0.3, 0.4) is 0 Å². The lowest BCUT2D eigenvalue weighted by Gasteiger charge is -1.89. The van der Waals surface area contributed by atoms with Gasteiger partial charge in [-0.25, -0.2) is 0 Å². The zero-order valence-electron chi connectivity index (χ0n) is 6.16. The van der Waals surface area contributed by atoms with Crippen molar-refractivity contribution >= 4 is 23.6 Å². The third kappa shape index (κ3) is 1.03. The Balaban J connectivity index is 2.90. The van der Waals surface area contributed by atoms with Gasteiger partial charge in [-0.05, 0) is 25.1 Å². The summed E-state index contributed by atoms with van der Waals surface area (Å²) in [5.41, 5.74) is 0.912. The van der Waals surface area contributed by atoms with Gasteiger partial charge in [0.25, 0.3) is 0 Å². The minimum atomic E-state index is 0.912. The number of aryl methyl sites for hydroxylation is 1. The van der Waals surface area contributed by atoms with Crippen molar-refractivity contribution in [2.45, 2.75) is 11.8 Å². The van der Waals surface area contributed by atoms with Crippen LogP contribution in [0.5, 0.6) is 0 Å². The molecule has 0 saturated heterocycles. The highest BCUT2D eigenvalue weighted by molar-refractivity contribution is 7.80. The number of rotatable bonds is 0. The molecule has 1 aromatic heterocycles. The average molecular weight is 164 g/mol. The number of fused-ring (bicyclic) bond motifs is 1. The minimum absolute atomic E-state index is 0.912. The molecule has 1 nitrogen and oxygen atoms in total. The first kappa shape index (κ1) is 6.80. The molecule has 0 aliphatic carbocycles. The van der Waals surface area contributed by atoms with Crippen LogP contribution in [-0.4, -0.2) is 0 Å². The van der Waals surface area contributed by atoms with Gasteiger partial charge >= 0.3 is 0 Å². The van der Waals surface area contributed by atoms with Gasteiger partial charge in [0.2, 0.25) is 0 Å². The predicted octanol–water partition coefficient (Wildman–Crippen LogP) is 3.03.